The molecule has 0 bridgehead atoms. The smallest absolute Gasteiger partial charge is 0.334 e. The Balaban J connectivity index is 2.92. The monoisotopic (exact) mass is 315 g/mol. The number of nitrogens with zero attached hydrogens (tertiary/aromatic N) is 1. The maximum atomic E-state index is 13.4. The number of hydrogen-bond donors (Lipinski definition) is 0. The third-order valence-electron chi connectivity index (χ3n) is 2.28. The van der Waals surface area contributed by atoms with Gasteiger partial charge in [0.1, 0.15) is 23.8 Å². The van der Waals surface area contributed by atoms with Gasteiger partial charge in [-0.2, -0.15) is 4.99 Å². The Labute approximate surface area is 124 Å². The molecule has 0 aromatic heterocycles. The zero-order chi connectivity index (χ0) is 15.8. The summed E-state index contributed by atoms with van der Waals surface area (Å²) < 4.78 is 28.0. The minimum absolute atomic E-state index is 0.0223. The normalized spacial score (nSPS) is 10.6. The predicted octanol–water partition coefficient (Wildman–Crippen LogP) is 2.53. The Morgan fingerprint density at radius 1 is 1.43 bits per heavy atom. The summed E-state index contributed by atoms with van der Waals surface area (Å²) in [4.78, 5) is 24.4. The van der Waals surface area contributed by atoms with Crippen molar-refractivity contribution in [1.29, 1.82) is 0 Å². The van der Waals surface area contributed by atoms with Gasteiger partial charge in [-0.05, 0) is 6.07 Å². The first-order valence-corrected chi connectivity index (χ1v) is 5.91. The van der Waals surface area contributed by atoms with Crippen LogP contribution in [0.15, 0.2) is 29.0 Å². The van der Waals surface area contributed by atoms with Gasteiger partial charge in [0, 0.05) is 6.07 Å². The molecule has 21 heavy (non-hydrogen) atoms. The van der Waals surface area contributed by atoms with E-state index >= 15 is 0 Å². The van der Waals surface area contributed by atoms with E-state index in [2.05, 4.69) is 9.73 Å². The second kappa shape index (κ2) is 8.04. The maximum Gasteiger partial charge on any atom is 0.334 e. The highest BCUT2D eigenvalue weighted by Gasteiger charge is 2.11. The fourth-order valence-corrected chi connectivity index (χ4v) is 1.47. The Morgan fingerprint density at radius 3 is 2.71 bits per heavy atom. The van der Waals surface area contributed by atoms with Gasteiger partial charge >= 0.3 is 5.97 Å². The van der Waals surface area contributed by atoms with Crippen molar-refractivity contribution in [3.8, 4) is 5.75 Å². The summed E-state index contributed by atoms with van der Waals surface area (Å²) in [5.74, 6) is -1.16. The lowest BCUT2D eigenvalue weighted by Gasteiger charge is -2.10. The van der Waals surface area contributed by atoms with E-state index in [4.69, 9.17) is 21.1 Å². The molecule has 1 aromatic carbocycles. The minimum Gasteiger partial charge on any atom is -0.497 e. The average molecular weight is 316 g/mol. The fourth-order valence-electron chi connectivity index (χ4n) is 1.26. The lowest BCUT2D eigenvalue weighted by atomic mass is 10.3. The van der Waals surface area contributed by atoms with Crippen molar-refractivity contribution in [3.63, 3.8) is 0 Å². The number of methoxy groups -OCH3 is 2. The van der Waals surface area contributed by atoms with Crippen LogP contribution in [-0.4, -0.2) is 32.9 Å². The van der Waals surface area contributed by atoms with Gasteiger partial charge in [0.2, 0.25) is 6.08 Å². The predicted molar refractivity (Wildman–Crippen MR) is 71.8 cm³/mol. The van der Waals surface area contributed by atoms with Gasteiger partial charge in [0.15, 0.2) is 5.82 Å². The summed E-state index contributed by atoms with van der Waals surface area (Å²) in [5.41, 5.74) is -0.264. The number of aliphatic imine (C=N–C) groups is 1. The largest absolute Gasteiger partial charge is 0.497 e. The molecule has 8 heteroatoms. The molecule has 1 aromatic rings. The molecule has 0 aliphatic heterocycles. The molecule has 0 unspecified atom stereocenters. The van der Waals surface area contributed by atoms with Crippen LogP contribution in [0.2, 0.25) is 5.02 Å². The van der Waals surface area contributed by atoms with Gasteiger partial charge in [-0.1, -0.05) is 11.6 Å². The third-order valence-corrected chi connectivity index (χ3v) is 2.57. The van der Waals surface area contributed by atoms with E-state index in [0.717, 1.165) is 18.2 Å². The average Bonchev–Trinajstić information content (AvgIpc) is 2.47. The molecule has 0 N–H and O–H groups in total. The molecule has 112 valence electrons. The van der Waals surface area contributed by atoms with Crippen LogP contribution in [0.25, 0.3) is 0 Å². The van der Waals surface area contributed by atoms with Gasteiger partial charge in [-0.15, -0.1) is 0 Å². The molecule has 0 atom stereocenters. The Kier molecular flexibility index (Phi) is 6.39. The standard InChI is InChI=1S/C13H11ClFNO5/c1-19-8(3-13(18)20-2)6-21-12-5-11(16-7-17)10(15)4-9(12)14/h3-5H,6H2,1-2H3/b8-3+. The van der Waals surface area contributed by atoms with Crippen molar-refractivity contribution in [2.75, 3.05) is 20.8 Å². The summed E-state index contributed by atoms with van der Waals surface area (Å²) in [7, 11) is 2.56. The number of carbonyl (C=O) groups excluding carboxylic acids is 2. The maximum absolute atomic E-state index is 13.4. The quantitative estimate of drug-likeness (QED) is 0.265. The lowest BCUT2D eigenvalue weighted by molar-refractivity contribution is -0.135. The summed E-state index contributed by atoms with van der Waals surface area (Å²) in [6.45, 7) is -0.152. The Hall–Kier alpha value is -2.37. The first-order valence-electron chi connectivity index (χ1n) is 5.54. The van der Waals surface area contributed by atoms with E-state index < -0.39 is 11.8 Å². The van der Waals surface area contributed by atoms with E-state index in [9.17, 15) is 14.0 Å². The molecule has 0 amide bonds. The first-order chi connectivity index (χ1) is 10.0. The SMILES string of the molecule is COC(=O)/C=C(\COc1cc(N=C=O)c(F)cc1Cl)OC. The van der Waals surface area contributed by atoms with E-state index in [1.807, 2.05) is 0 Å². The third kappa shape index (κ3) is 4.91. The Bertz CT molecular complexity index is 611. The molecule has 0 heterocycles. The van der Waals surface area contributed by atoms with Crippen LogP contribution in [0.4, 0.5) is 10.1 Å². The molecule has 0 fully saturated rings. The highest BCUT2D eigenvalue weighted by molar-refractivity contribution is 6.32. The molecular formula is C13H11ClFNO5. The van der Waals surface area contributed by atoms with Crippen molar-refractivity contribution in [3.05, 3.63) is 34.8 Å². The van der Waals surface area contributed by atoms with Crippen LogP contribution in [0.1, 0.15) is 0 Å². The zero-order valence-electron chi connectivity index (χ0n) is 11.2. The highest BCUT2D eigenvalue weighted by Crippen LogP contribution is 2.32. The highest BCUT2D eigenvalue weighted by atomic mass is 35.5. The van der Waals surface area contributed by atoms with Crippen molar-refractivity contribution in [2.24, 2.45) is 4.99 Å². The van der Waals surface area contributed by atoms with Crippen LogP contribution >= 0.6 is 11.6 Å². The van der Waals surface area contributed by atoms with Gasteiger partial charge in [0.05, 0.1) is 25.3 Å². The topological polar surface area (TPSA) is 74.2 Å². The Morgan fingerprint density at radius 2 is 2.14 bits per heavy atom. The van der Waals surface area contributed by atoms with Crippen LogP contribution < -0.4 is 4.74 Å². The molecule has 0 spiro atoms. The number of hydrogen-bond acceptors (Lipinski definition) is 6. The number of carbonyl (C=O) groups is 1. The van der Waals surface area contributed by atoms with Crippen molar-refractivity contribution < 1.29 is 28.2 Å². The molecule has 0 aliphatic carbocycles. The van der Waals surface area contributed by atoms with Crippen LogP contribution in [0, 0.1) is 5.82 Å². The zero-order valence-corrected chi connectivity index (χ0v) is 11.9. The minimum atomic E-state index is -0.784. The molecule has 1 rings (SSSR count). The van der Waals surface area contributed by atoms with Crippen LogP contribution in [-0.2, 0) is 19.1 Å². The van der Waals surface area contributed by atoms with E-state index in [0.29, 0.717) is 0 Å². The van der Waals surface area contributed by atoms with Crippen LogP contribution in [0.3, 0.4) is 0 Å². The summed E-state index contributed by atoms with van der Waals surface area (Å²) >= 11 is 5.80. The number of benzene rings is 1. The number of ether oxygens (including phenoxy) is 3. The second-order valence-corrected chi connectivity index (χ2v) is 3.97. The summed E-state index contributed by atoms with van der Waals surface area (Å²) in [6.07, 6.45) is 2.31. The van der Waals surface area contributed by atoms with Gasteiger partial charge in [0.25, 0.3) is 0 Å². The number of esters is 1. The molecule has 0 radical (unpaired) electrons. The van der Waals surface area contributed by atoms with Crippen molar-refractivity contribution >= 4 is 29.3 Å². The number of isocyanates is 1. The molecule has 0 saturated carbocycles. The number of halogens is 2. The second-order valence-electron chi connectivity index (χ2n) is 3.56. The van der Waals surface area contributed by atoms with E-state index in [1.165, 1.54) is 20.3 Å². The van der Waals surface area contributed by atoms with Crippen molar-refractivity contribution in [2.45, 2.75) is 0 Å². The molecule has 0 aliphatic rings. The summed E-state index contributed by atoms with van der Waals surface area (Å²) in [6, 6.07) is 2.08. The summed E-state index contributed by atoms with van der Waals surface area (Å²) in [5, 5.41) is -0.0223. The molecule has 6 nitrogen and oxygen atoms in total. The molecular weight excluding hydrogens is 305 g/mol. The lowest BCUT2D eigenvalue weighted by Crippen LogP contribution is -2.07. The van der Waals surface area contributed by atoms with Gasteiger partial charge in [-0.3, -0.25) is 0 Å². The van der Waals surface area contributed by atoms with Crippen molar-refractivity contribution in [1.82, 2.24) is 0 Å². The molecule has 0 saturated heterocycles. The van der Waals surface area contributed by atoms with Gasteiger partial charge in [-0.25, -0.2) is 14.0 Å². The number of rotatable bonds is 6. The van der Waals surface area contributed by atoms with Crippen LogP contribution in [0.5, 0.6) is 5.75 Å². The van der Waals surface area contributed by atoms with E-state index in [-0.39, 0.29) is 28.8 Å². The van der Waals surface area contributed by atoms with Gasteiger partial charge < -0.3 is 14.2 Å². The first kappa shape index (κ1) is 16.7. The van der Waals surface area contributed by atoms with E-state index in [1.54, 1.807) is 0 Å². The fraction of sp³-hybridized carbons (Fsp3) is 0.231.